The number of piperidine rings is 1. The molecule has 1 saturated heterocycles. The number of rotatable bonds is 4. The molecule has 136 valence electrons. The van der Waals surface area contributed by atoms with Crippen LogP contribution < -0.4 is 14.8 Å². The first-order valence-corrected chi connectivity index (χ1v) is 9.09. The van der Waals surface area contributed by atoms with Gasteiger partial charge in [-0.2, -0.15) is 0 Å². The Kier molecular flexibility index (Phi) is 4.55. The van der Waals surface area contributed by atoms with E-state index in [0.717, 1.165) is 54.1 Å². The largest absolute Gasteiger partial charge is 0.493 e. The molecule has 4 rings (SSSR count). The van der Waals surface area contributed by atoms with Crippen LogP contribution in [0.1, 0.15) is 24.5 Å². The molecule has 0 aliphatic carbocycles. The fourth-order valence-electron chi connectivity index (χ4n) is 3.86. The molecule has 1 aliphatic rings. The number of aromatic nitrogens is 2. The van der Waals surface area contributed by atoms with E-state index in [1.807, 2.05) is 18.3 Å². The Morgan fingerprint density at radius 1 is 1.04 bits per heavy atom. The number of benzene rings is 1. The summed E-state index contributed by atoms with van der Waals surface area (Å²) < 4.78 is 13.0. The van der Waals surface area contributed by atoms with Crippen LogP contribution >= 0.6 is 0 Å². The van der Waals surface area contributed by atoms with Gasteiger partial charge >= 0.3 is 0 Å². The molecule has 1 aliphatic heterocycles. The lowest BCUT2D eigenvalue weighted by Gasteiger charge is -2.22. The summed E-state index contributed by atoms with van der Waals surface area (Å²) in [5.74, 6) is 2.04. The van der Waals surface area contributed by atoms with Crippen LogP contribution in [0.3, 0.4) is 0 Å². The zero-order valence-electron chi connectivity index (χ0n) is 15.6. The quantitative estimate of drug-likeness (QED) is 0.778. The highest BCUT2D eigenvalue weighted by Crippen LogP contribution is 2.35. The molecule has 0 amide bonds. The van der Waals surface area contributed by atoms with Crippen molar-refractivity contribution in [3.63, 3.8) is 0 Å². The summed E-state index contributed by atoms with van der Waals surface area (Å²) in [6.07, 6.45) is 4.33. The first-order chi connectivity index (χ1) is 12.7. The molecule has 0 atom stereocenters. The van der Waals surface area contributed by atoms with Gasteiger partial charge in [-0.1, -0.05) is 0 Å². The second kappa shape index (κ2) is 7.00. The van der Waals surface area contributed by atoms with E-state index in [1.165, 1.54) is 11.2 Å². The van der Waals surface area contributed by atoms with Crippen molar-refractivity contribution in [2.45, 2.75) is 18.8 Å². The third-order valence-electron chi connectivity index (χ3n) is 5.38. The van der Waals surface area contributed by atoms with Gasteiger partial charge in [-0.15, -0.1) is 0 Å². The number of hydrogen-bond acceptors (Lipinski definition) is 4. The minimum Gasteiger partial charge on any atom is -0.493 e. The van der Waals surface area contributed by atoms with Gasteiger partial charge in [-0.05, 0) is 56.3 Å². The standard InChI is InChI=1S/C21H25N3O2/c1-24-18(15-4-5-20(25-2)21(11-15)26-3)10-16-13-23-17(12-19(16)24)14-6-8-22-9-7-14/h4-5,10-14,22H,6-9H2,1-3H3. The number of nitrogens with zero attached hydrogens (tertiary/aromatic N) is 2. The smallest absolute Gasteiger partial charge is 0.161 e. The summed E-state index contributed by atoms with van der Waals surface area (Å²) in [7, 11) is 5.43. The van der Waals surface area contributed by atoms with E-state index in [2.05, 4.69) is 35.1 Å². The Morgan fingerprint density at radius 3 is 2.54 bits per heavy atom. The number of ether oxygens (including phenoxy) is 2. The third kappa shape index (κ3) is 2.92. The van der Waals surface area contributed by atoms with Gasteiger partial charge in [0.2, 0.25) is 0 Å². The Balaban J connectivity index is 1.76. The third-order valence-corrected chi connectivity index (χ3v) is 5.38. The highest BCUT2D eigenvalue weighted by Gasteiger charge is 2.18. The minimum atomic E-state index is 0.556. The van der Waals surface area contributed by atoms with Crippen molar-refractivity contribution >= 4 is 10.9 Å². The molecule has 3 aromatic rings. The maximum Gasteiger partial charge on any atom is 0.161 e. The van der Waals surface area contributed by atoms with E-state index >= 15 is 0 Å². The van der Waals surface area contributed by atoms with Crippen LogP contribution in [0.2, 0.25) is 0 Å². The molecular weight excluding hydrogens is 326 g/mol. The van der Waals surface area contributed by atoms with E-state index in [4.69, 9.17) is 14.5 Å². The maximum absolute atomic E-state index is 5.46. The fourth-order valence-corrected chi connectivity index (χ4v) is 3.86. The molecule has 5 heteroatoms. The van der Waals surface area contributed by atoms with E-state index in [9.17, 15) is 0 Å². The molecule has 3 heterocycles. The lowest BCUT2D eigenvalue weighted by atomic mass is 9.94. The van der Waals surface area contributed by atoms with Gasteiger partial charge in [0.1, 0.15) is 0 Å². The molecule has 0 radical (unpaired) electrons. The summed E-state index contributed by atoms with van der Waals surface area (Å²) in [6, 6.07) is 10.5. The van der Waals surface area contributed by atoms with Crippen LogP contribution in [-0.2, 0) is 7.05 Å². The van der Waals surface area contributed by atoms with Gasteiger partial charge in [0.15, 0.2) is 11.5 Å². The van der Waals surface area contributed by atoms with Gasteiger partial charge in [0.25, 0.3) is 0 Å². The van der Waals surface area contributed by atoms with Crippen molar-refractivity contribution in [2.24, 2.45) is 7.05 Å². The minimum absolute atomic E-state index is 0.556. The first kappa shape index (κ1) is 16.9. The molecule has 0 spiro atoms. The molecule has 1 fully saturated rings. The molecular formula is C21H25N3O2. The van der Waals surface area contributed by atoms with Crippen LogP contribution in [0.25, 0.3) is 22.2 Å². The highest BCUT2D eigenvalue weighted by atomic mass is 16.5. The van der Waals surface area contributed by atoms with Crippen molar-refractivity contribution in [1.29, 1.82) is 0 Å². The van der Waals surface area contributed by atoms with Crippen LogP contribution in [0.4, 0.5) is 0 Å². The lowest BCUT2D eigenvalue weighted by molar-refractivity contribution is 0.355. The maximum atomic E-state index is 5.46. The normalized spacial score (nSPS) is 15.3. The zero-order chi connectivity index (χ0) is 18.1. The molecule has 0 unspecified atom stereocenters. The lowest BCUT2D eigenvalue weighted by Crippen LogP contribution is -2.27. The SMILES string of the molecule is COc1ccc(-c2cc3cnc(C4CCNCC4)cc3n2C)cc1OC. The van der Waals surface area contributed by atoms with E-state index < -0.39 is 0 Å². The molecule has 0 saturated carbocycles. The van der Waals surface area contributed by atoms with Crippen LogP contribution in [0.5, 0.6) is 11.5 Å². The van der Waals surface area contributed by atoms with Crippen molar-refractivity contribution in [3.8, 4) is 22.8 Å². The molecule has 2 aromatic heterocycles. The summed E-state index contributed by atoms with van der Waals surface area (Å²) in [5, 5.41) is 4.59. The Hall–Kier alpha value is -2.53. The summed E-state index contributed by atoms with van der Waals surface area (Å²) in [5.41, 5.74) is 4.67. The van der Waals surface area contributed by atoms with E-state index in [1.54, 1.807) is 14.2 Å². The van der Waals surface area contributed by atoms with E-state index in [-0.39, 0.29) is 0 Å². The van der Waals surface area contributed by atoms with Crippen molar-refractivity contribution in [3.05, 3.63) is 42.2 Å². The Morgan fingerprint density at radius 2 is 1.81 bits per heavy atom. The van der Waals surface area contributed by atoms with Gasteiger partial charge in [0.05, 0.1) is 19.7 Å². The van der Waals surface area contributed by atoms with Gasteiger partial charge < -0.3 is 19.4 Å². The van der Waals surface area contributed by atoms with E-state index in [0.29, 0.717) is 5.92 Å². The van der Waals surface area contributed by atoms with Gasteiger partial charge in [0, 0.05) is 41.5 Å². The van der Waals surface area contributed by atoms with Crippen molar-refractivity contribution in [2.75, 3.05) is 27.3 Å². The number of fused-ring (bicyclic) bond motifs is 1. The van der Waals surface area contributed by atoms with Crippen molar-refractivity contribution in [1.82, 2.24) is 14.9 Å². The number of nitrogens with one attached hydrogen (secondary N) is 1. The molecule has 1 N–H and O–H groups in total. The second-order valence-corrected chi connectivity index (χ2v) is 6.85. The predicted molar refractivity (Wildman–Crippen MR) is 104 cm³/mol. The average molecular weight is 351 g/mol. The van der Waals surface area contributed by atoms with Crippen LogP contribution in [-0.4, -0.2) is 36.9 Å². The monoisotopic (exact) mass is 351 g/mol. The van der Waals surface area contributed by atoms with Gasteiger partial charge in [-0.3, -0.25) is 4.98 Å². The fraction of sp³-hybridized carbons (Fsp3) is 0.381. The summed E-state index contributed by atoms with van der Waals surface area (Å²) in [6.45, 7) is 2.16. The van der Waals surface area contributed by atoms with Crippen LogP contribution in [0, 0.1) is 0 Å². The zero-order valence-corrected chi connectivity index (χ0v) is 15.6. The molecule has 5 nitrogen and oxygen atoms in total. The average Bonchev–Trinajstić information content (AvgIpc) is 3.04. The molecule has 26 heavy (non-hydrogen) atoms. The first-order valence-electron chi connectivity index (χ1n) is 9.09. The topological polar surface area (TPSA) is 48.3 Å². The van der Waals surface area contributed by atoms with Crippen LogP contribution in [0.15, 0.2) is 36.5 Å². The Labute approximate surface area is 153 Å². The number of hydrogen-bond donors (Lipinski definition) is 1. The summed E-state index contributed by atoms with van der Waals surface area (Å²) >= 11 is 0. The van der Waals surface area contributed by atoms with Gasteiger partial charge in [-0.25, -0.2) is 0 Å². The number of methoxy groups -OCH3 is 2. The molecule has 1 aromatic carbocycles. The Bertz CT molecular complexity index is 926. The van der Waals surface area contributed by atoms with Crippen molar-refractivity contribution < 1.29 is 9.47 Å². The predicted octanol–water partition coefficient (Wildman–Crippen LogP) is 3.72. The second-order valence-electron chi connectivity index (χ2n) is 6.85. The number of pyridine rings is 1. The highest BCUT2D eigenvalue weighted by molar-refractivity contribution is 5.87. The summed E-state index contributed by atoms with van der Waals surface area (Å²) in [4.78, 5) is 4.75. The number of aryl methyl sites for hydroxylation is 1. The molecule has 0 bridgehead atoms.